The van der Waals surface area contributed by atoms with E-state index in [1.807, 2.05) is 27.7 Å². The molecule has 0 aromatic carbocycles. The van der Waals surface area contributed by atoms with Crippen LogP contribution in [-0.2, 0) is 4.74 Å². The molecule has 1 amide bonds. The van der Waals surface area contributed by atoms with E-state index in [2.05, 4.69) is 15.3 Å². The predicted molar refractivity (Wildman–Crippen MR) is 83.7 cm³/mol. The number of nitrogens with zero attached hydrogens (tertiary/aromatic N) is 3. The minimum Gasteiger partial charge on any atom is -0.382 e. The second-order valence-electron chi connectivity index (χ2n) is 5.10. The highest BCUT2D eigenvalue weighted by Gasteiger charge is 2.19. The van der Waals surface area contributed by atoms with Crippen LogP contribution in [0.1, 0.15) is 49.9 Å². The minimum atomic E-state index is -0.116. The van der Waals surface area contributed by atoms with Crippen LogP contribution < -0.4 is 5.32 Å². The second-order valence-corrected chi connectivity index (χ2v) is 5.10. The number of anilines is 1. The van der Waals surface area contributed by atoms with Crippen LogP contribution in [-0.4, -0.2) is 54.1 Å². The average Bonchev–Trinajstić information content (AvgIpc) is 2.47. The van der Waals surface area contributed by atoms with Crippen LogP contribution in [0.15, 0.2) is 6.20 Å². The zero-order valence-corrected chi connectivity index (χ0v) is 13.6. The van der Waals surface area contributed by atoms with Crippen molar-refractivity contribution in [2.75, 3.05) is 38.7 Å². The van der Waals surface area contributed by atoms with Crippen LogP contribution in [0.25, 0.3) is 0 Å². The van der Waals surface area contributed by atoms with E-state index in [1.165, 1.54) is 0 Å². The molecule has 0 atom stereocenters. The lowest BCUT2D eigenvalue weighted by Gasteiger charge is -2.19. The van der Waals surface area contributed by atoms with E-state index < -0.39 is 0 Å². The fraction of sp³-hybridized carbons (Fsp3) is 0.667. The summed E-state index contributed by atoms with van der Waals surface area (Å²) in [5, 5.41) is 3.14. The third-order valence-electron chi connectivity index (χ3n) is 3.02. The normalized spacial score (nSPS) is 10.8. The molecule has 0 aliphatic heterocycles. The summed E-state index contributed by atoms with van der Waals surface area (Å²) in [6.07, 6.45) is 1.69. The van der Waals surface area contributed by atoms with Gasteiger partial charge in [0.25, 0.3) is 5.91 Å². The second kappa shape index (κ2) is 8.56. The van der Waals surface area contributed by atoms with Crippen molar-refractivity contribution in [1.29, 1.82) is 0 Å². The van der Waals surface area contributed by atoms with E-state index in [0.717, 1.165) is 0 Å². The lowest BCUT2D eigenvalue weighted by atomic mass is 10.2. The van der Waals surface area contributed by atoms with Crippen molar-refractivity contribution >= 4 is 11.6 Å². The van der Waals surface area contributed by atoms with Gasteiger partial charge in [0.15, 0.2) is 5.69 Å². The standard InChI is InChI=1S/C15H26N4O2/c1-6-16-12-10-17-14(11(3)4)18-13(12)15(20)19(5)8-9-21-7-2/h10-11,16H,6-9H2,1-5H3. The fourth-order valence-electron chi connectivity index (χ4n) is 1.78. The van der Waals surface area contributed by atoms with Crippen LogP contribution in [0.3, 0.4) is 0 Å². The van der Waals surface area contributed by atoms with Crippen molar-refractivity contribution in [3.05, 3.63) is 17.7 Å². The number of hydrogen-bond acceptors (Lipinski definition) is 5. The number of likely N-dealkylation sites (N-methyl/N-ethyl adjacent to an activating group) is 1. The molecule has 6 heteroatoms. The highest BCUT2D eigenvalue weighted by atomic mass is 16.5. The Bertz CT molecular complexity index is 463. The molecule has 0 spiro atoms. The molecule has 0 fully saturated rings. The van der Waals surface area contributed by atoms with E-state index in [1.54, 1.807) is 18.1 Å². The van der Waals surface area contributed by atoms with Gasteiger partial charge in [0.1, 0.15) is 5.82 Å². The SMILES string of the molecule is CCNc1cnc(C(C)C)nc1C(=O)N(C)CCOCC. The monoisotopic (exact) mass is 294 g/mol. The fourth-order valence-corrected chi connectivity index (χ4v) is 1.78. The molecular weight excluding hydrogens is 268 g/mol. The summed E-state index contributed by atoms with van der Waals surface area (Å²) in [4.78, 5) is 22.9. The van der Waals surface area contributed by atoms with E-state index in [9.17, 15) is 4.79 Å². The number of nitrogens with one attached hydrogen (secondary N) is 1. The maximum atomic E-state index is 12.5. The number of carbonyl (C=O) groups excluding carboxylic acids is 1. The third-order valence-corrected chi connectivity index (χ3v) is 3.02. The van der Waals surface area contributed by atoms with Gasteiger partial charge >= 0.3 is 0 Å². The summed E-state index contributed by atoms with van der Waals surface area (Å²) in [5.74, 6) is 0.745. The summed E-state index contributed by atoms with van der Waals surface area (Å²) in [6.45, 7) is 10.4. The van der Waals surface area contributed by atoms with Crippen molar-refractivity contribution in [2.24, 2.45) is 0 Å². The Labute approximate surface area is 126 Å². The first-order valence-electron chi connectivity index (χ1n) is 7.45. The molecule has 0 saturated heterocycles. The van der Waals surface area contributed by atoms with E-state index in [-0.39, 0.29) is 11.8 Å². The molecule has 21 heavy (non-hydrogen) atoms. The Balaban J connectivity index is 2.95. The number of carbonyl (C=O) groups is 1. The molecule has 1 heterocycles. The van der Waals surface area contributed by atoms with Gasteiger partial charge in [-0.2, -0.15) is 0 Å². The maximum absolute atomic E-state index is 12.5. The summed E-state index contributed by atoms with van der Waals surface area (Å²) >= 11 is 0. The highest BCUT2D eigenvalue weighted by molar-refractivity contribution is 5.97. The van der Waals surface area contributed by atoms with Gasteiger partial charge < -0.3 is 15.0 Å². The number of rotatable bonds is 8. The number of amides is 1. The molecule has 0 bridgehead atoms. The predicted octanol–water partition coefficient (Wildman–Crippen LogP) is 2.14. The Morgan fingerprint density at radius 1 is 1.43 bits per heavy atom. The molecule has 1 rings (SSSR count). The third kappa shape index (κ3) is 4.97. The molecule has 0 unspecified atom stereocenters. The van der Waals surface area contributed by atoms with Crippen molar-refractivity contribution < 1.29 is 9.53 Å². The lowest BCUT2D eigenvalue weighted by molar-refractivity contribution is 0.0705. The molecule has 1 N–H and O–H groups in total. The molecule has 0 radical (unpaired) electrons. The summed E-state index contributed by atoms with van der Waals surface area (Å²) in [5.41, 5.74) is 1.10. The highest BCUT2D eigenvalue weighted by Crippen LogP contribution is 2.17. The Morgan fingerprint density at radius 2 is 2.14 bits per heavy atom. The topological polar surface area (TPSA) is 67.4 Å². The maximum Gasteiger partial charge on any atom is 0.274 e. The number of ether oxygens (including phenoxy) is 1. The molecule has 0 saturated carbocycles. The van der Waals surface area contributed by atoms with E-state index in [0.29, 0.717) is 43.5 Å². The Kier molecular flexibility index (Phi) is 7.08. The van der Waals surface area contributed by atoms with Gasteiger partial charge in [0.2, 0.25) is 0 Å². The lowest BCUT2D eigenvalue weighted by Crippen LogP contribution is -2.32. The van der Waals surface area contributed by atoms with Gasteiger partial charge in [-0.25, -0.2) is 9.97 Å². The van der Waals surface area contributed by atoms with Gasteiger partial charge in [-0.15, -0.1) is 0 Å². The van der Waals surface area contributed by atoms with Crippen LogP contribution in [0.4, 0.5) is 5.69 Å². The summed E-state index contributed by atoms with van der Waals surface area (Å²) in [6, 6.07) is 0. The van der Waals surface area contributed by atoms with E-state index >= 15 is 0 Å². The first kappa shape index (κ1) is 17.4. The van der Waals surface area contributed by atoms with Crippen LogP contribution in [0.5, 0.6) is 0 Å². The summed E-state index contributed by atoms with van der Waals surface area (Å²) in [7, 11) is 1.76. The molecule has 1 aromatic heterocycles. The van der Waals surface area contributed by atoms with Crippen molar-refractivity contribution in [1.82, 2.24) is 14.9 Å². The van der Waals surface area contributed by atoms with Crippen LogP contribution in [0, 0.1) is 0 Å². The Morgan fingerprint density at radius 3 is 2.71 bits per heavy atom. The van der Waals surface area contributed by atoms with Crippen LogP contribution >= 0.6 is 0 Å². The van der Waals surface area contributed by atoms with Gasteiger partial charge in [-0.3, -0.25) is 4.79 Å². The first-order valence-corrected chi connectivity index (χ1v) is 7.45. The van der Waals surface area contributed by atoms with Gasteiger partial charge in [0.05, 0.1) is 18.5 Å². The average molecular weight is 294 g/mol. The molecule has 6 nitrogen and oxygen atoms in total. The zero-order chi connectivity index (χ0) is 15.8. The summed E-state index contributed by atoms with van der Waals surface area (Å²) < 4.78 is 5.29. The molecular formula is C15H26N4O2. The Hall–Kier alpha value is -1.69. The van der Waals surface area contributed by atoms with Crippen molar-refractivity contribution in [2.45, 2.75) is 33.6 Å². The van der Waals surface area contributed by atoms with Gasteiger partial charge in [-0.05, 0) is 13.8 Å². The van der Waals surface area contributed by atoms with Crippen molar-refractivity contribution in [3.8, 4) is 0 Å². The van der Waals surface area contributed by atoms with Crippen LogP contribution in [0.2, 0.25) is 0 Å². The smallest absolute Gasteiger partial charge is 0.274 e. The molecule has 0 aliphatic carbocycles. The molecule has 1 aromatic rings. The van der Waals surface area contributed by atoms with Crippen molar-refractivity contribution in [3.63, 3.8) is 0 Å². The van der Waals surface area contributed by atoms with Gasteiger partial charge in [0, 0.05) is 32.7 Å². The van der Waals surface area contributed by atoms with Gasteiger partial charge in [-0.1, -0.05) is 13.8 Å². The first-order chi connectivity index (χ1) is 10.0. The quantitative estimate of drug-likeness (QED) is 0.744. The molecule has 0 aliphatic rings. The minimum absolute atomic E-state index is 0.116. The van der Waals surface area contributed by atoms with E-state index in [4.69, 9.17) is 4.74 Å². The largest absolute Gasteiger partial charge is 0.382 e. The number of aromatic nitrogens is 2. The molecule has 118 valence electrons. The number of hydrogen-bond donors (Lipinski definition) is 1. The zero-order valence-electron chi connectivity index (χ0n) is 13.6.